The number of aryl methyl sites for hydroxylation is 1. The summed E-state index contributed by atoms with van der Waals surface area (Å²) in [6.45, 7) is 2.01. The molecule has 1 aromatic heterocycles. The molecule has 1 saturated carbocycles. The number of aromatic nitrogens is 2. The van der Waals surface area contributed by atoms with E-state index in [1.165, 1.54) is 19.2 Å². The van der Waals surface area contributed by atoms with Gasteiger partial charge < -0.3 is 19.1 Å². The molecule has 1 N–H and O–H groups in total. The number of imidazole rings is 1. The molecule has 0 unspecified atom stereocenters. The third kappa shape index (κ3) is 4.51. The maximum Gasteiger partial charge on any atom is 0.414 e. The van der Waals surface area contributed by atoms with E-state index in [0.717, 1.165) is 53.8 Å². The molecule has 1 aliphatic heterocycles. The predicted octanol–water partition coefficient (Wildman–Crippen LogP) is 5.50. The maximum atomic E-state index is 14.2. The maximum absolute atomic E-state index is 14.2. The minimum atomic E-state index is -0.746. The van der Waals surface area contributed by atoms with Crippen LogP contribution in [-0.2, 0) is 22.4 Å². The molecule has 1 aliphatic carbocycles. The van der Waals surface area contributed by atoms with Gasteiger partial charge in [0.05, 0.1) is 36.9 Å². The number of methoxy groups -OCH3 is 2. The number of fused-ring (bicyclic) bond motifs is 3. The van der Waals surface area contributed by atoms with Crippen LogP contribution in [0.5, 0.6) is 5.75 Å². The summed E-state index contributed by atoms with van der Waals surface area (Å²) in [6, 6.07) is 8.49. The van der Waals surface area contributed by atoms with Crippen molar-refractivity contribution in [1.29, 1.82) is 0 Å². The molecule has 196 valence electrons. The van der Waals surface area contributed by atoms with Crippen molar-refractivity contribution < 1.29 is 28.6 Å². The first-order valence-electron chi connectivity index (χ1n) is 12.8. The normalized spacial score (nSPS) is 21.5. The van der Waals surface area contributed by atoms with Gasteiger partial charge in [0.1, 0.15) is 17.4 Å². The van der Waals surface area contributed by atoms with Gasteiger partial charge in [-0.25, -0.2) is 14.2 Å². The Morgan fingerprint density at radius 2 is 1.86 bits per heavy atom. The number of hydrogen-bond donors (Lipinski definition) is 1. The van der Waals surface area contributed by atoms with E-state index in [1.807, 2.05) is 19.1 Å². The Labute approximate surface area is 215 Å². The van der Waals surface area contributed by atoms with E-state index in [9.17, 15) is 19.1 Å². The molecule has 0 radical (unpaired) electrons. The van der Waals surface area contributed by atoms with Crippen LogP contribution in [-0.4, -0.2) is 47.0 Å². The SMILES string of the molecule is COC(=O)N1c2ccc3c(nc(Cc4cc(F)ccc4OC)n3[C@H]3CC[C@H](C(=O)O)CC3)c2CC[C@@H]1C. The monoisotopic (exact) mass is 509 g/mol. The van der Waals surface area contributed by atoms with E-state index in [1.54, 1.807) is 18.1 Å². The van der Waals surface area contributed by atoms with Gasteiger partial charge in [-0.2, -0.15) is 0 Å². The lowest BCUT2D eigenvalue weighted by atomic mass is 9.85. The van der Waals surface area contributed by atoms with Gasteiger partial charge in [0.25, 0.3) is 0 Å². The fourth-order valence-corrected chi connectivity index (χ4v) is 5.99. The molecule has 2 heterocycles. The zero-order valence-electron chi connectivity index (χ0n) is 21.4. The number of carbonyl (C=O) groups is 2. The standard InChI is InChI=1S/C28H32FN3O5/c1-16-4-10-21-22(31(16)28(35)37-3)11-12-23-26(21)30-25(15-18-14-19(29)7-13-24(18)36-2)32(23)20-8-5-17(6-9-20)27(33)34/h7,11-14,16-17,20H,4-6,8-10,15H2,1-3H3,(H,33,34)/t16-,17-,20-/m0/s1. The number of nitrogens with zero attached hydrogens (tertiary/aromatic N) is 3. The summed E-state index contributed by atoms with van der Waals surface area (Å²) in [7, 11) is 2.94. The number of hydrogen-bond acceptors (Lipinski definition) is 5. The lowest BCUT2D eigenvalue weighted by molar-refractivity contribution is -0.143. The van der Waals surface area contributed by atoms with Crippen LogP contribution in [0.15, 0.2) is 30.3 Å². The third-order valence-corrected chi connectivity index (χ3v) is 7.90. The molecular formula is C28H32FN3O5. The van der Waals surface area contributed by atoms with Crippen LogP contribution in [0.2, 0.25) is 0 Å². The fraction of sp³-hybridized carbons (Fsp3) is 0.464. The molecule has 1 amide bonds. The molecule has 37 heavy (non-hydrogen) atoms. The van der Waals surface area contributed by atoms with Gasteiger partial charge in [-0.05, 0) is 75.8 Å². The molecule has 1 atom stereocenters. The van der Waals surface area contributed by atoms with Gasteiger partial charge in [-0.1, -0.05) is 0 Å². The van der Waals surface area contributed by atoms with Crippen molar-refractivity contribution in [3.05, 3.63) is 53.1 Å². The molecule has 2 aromatic carbocycles. The van der Waals surface area contributed by atoms with Crippen LogP contribution < -0.4 is 9.64 Å². The van der Waals surface area contributed by atoms with E-state index >= 15 is 0 Å². The van der Waals surface area contributed by atoms with E-state index in [-0.39, 0.29) is 23.8 Å². The highest BCUT2D eigenvalue weighted by Crippen LogP contribution is 2.41. The number of rotatable bonds is 5. The smallest absolute Gasteiger partial charge is 0.414 e. The van der Waals surface area contributed by atoms with Crippen LogP contribution in [0.25, 0.3) is 11.0 Å². The van der Waals surface area contributed by atoms with Gasteiger partial charge in [0, 0.05) is 29.6 Å². The average Bonchev–Trinajstić information content (AvgIpc) is 3.26. The molecule has 0 saturated heterocycles. The van der Waals surface area contributed by atoms with E-state index in [0.29, 0.717) is 30.6 Å². The number of carbonyl (C=O) groups excluding carboxylic acids is 1. The Morgan fingerprint density at radius 3 is 2.54 bits per heavy atom. The number of halogens is 1. The summed E-state index contributed by atoms with van der Waals surface area (Å²) in [6.07, 6.45) is 4.15. The van der Waals surface area contributed by atoms with Gasteiger partial charge in [-0.15, -0.1) is 0 Å². The average molecular weight is 510 g/mol. The van der Waals surface area contributed by atoms with E-state index in [2.05, 4.69) is 4.57 Å². The summed E-state index contributed by atoms with van der Waals surface area (Å²) >= 11 is 0. The highest BCUT2D eigenvalue weighted by molar-refractivity contribution is 5.95. The van der Waals surface area contributed by atoms with Crippen molar-refractivity contribution in [2.75, 3.05) is 19.1 Å². The quantitative estimate of drug-likeness (QED) is 0.488. The molecule has 0 bridgehead atoms. The molecule has 2 aliphatic rings. The highest BCUT2D eigenvalue weighted by atomic mass is 19.1. The fourth-order valence-electron chi connectivity index (χ4n) is 5.99. The number of anilines is 1. The van der Waals surface area contributed by atoms with Gasteiger partial charge in [0.2, 0.25) is 0 Å². The molecular weight excluding hydrogens is 477 g/mol. The Bertz CT molecular complexity index is 1350. The number of benzene rings is 2. The topological polar surface area (TPSA) is 93.9 Å². The van der Waals surface area contributed by atoms with Crippen molar-refractivity contribution in [2.45, 2.75) is 64.0 Å². The van der Waals surface area contributed by atoms with Crippen molar-refractivity contribution >= 4 is 28.8 Å². The summed E-state index contributed by atoms with van der Waals surface area (Å²) < 4.78 is 27.0. The summed E-state index contributed by atoms with van der Waals surface area (Å²) in [5.74, 6) is -0.0671. The number of aliphatic carboxylic acids is 1. The Hall–Kier alpha value is -3.62. The number of ether oxygens (including phenoxy) is 2. The van der Waals surface area contributed by atoms with Crippen LogP contribution in [0.3, 0.4) is 0 Å². The highest BCUT2D eigenvalue weighted by Gasteiger charge is 2.33. The second kappa shape index (κ2) is 10.0. The number of amides is 1. The molecule has 0 spiro atoms. The van der Waals surface area contributed by atoms with Gasteiger partial charge in [0.15, 0.2) is 0 Å². The van der Waals surface area contributed by atoms with Crippen molar-refractivity contribution in [3.8, 4) is 5.75 Å². The lowest BCUT2D eigenvalue weighted by Crippen LogP contribution is -2.42. The van der Waals surface area contributed by atoms with Crippen LogP contribution in [0.1, 0.15) is 62.0 Å². The molecule has 8 nitrogen and oxygen atoms in total. The first-order chi connectivity index (χ1) is 17.8. The van der Waals surface area contributed by atoms with Crippen molar-refractivity contribution in [1.82, 2.24) is 9.55 Å². The first kappa shape index (κ1) is 25.0. The predicted molar refractivity (Wildman–Crippen MR) is 137 cm³/mol. The zero-order valence-corrected chi connectivity index (χ0v) is 21.4. The minimum Gasteiger partial charge on any atom is -0.496 e. The second-order valence-electron chi connectivity index (χ2n) is 10.0. The molecule has 1 fully saturated rings. The van der Waals surface area contributed by atoms with Crippen LogP contribution in [0, 0.1) is 11.7 Å². The van der Waals surface area contributed by atoms with E-state index < -0.39 is 12.1 Å². The molecule has 9 heteroatoms. The molecule has 5 rings (SSSR count). The zero-order chi connectivity index (χ0) is 26.3. The largest absolute Gasteiger partial charge is 0.496 e. The first-order valence-corrected chi connectivity index (χ1v) is 12.8. The lowest BCUT2D eigenvalue weighted by Gasteiger charge is -2.34. The van der Waals surface area contributed by atoms with Gasteiger partial charge in [-0.3, -0.25) is 9.69 Å². The second-order valence-corrected chi connectivity index (χ2v) is 10.0. The summed E-state index contributed by atoms with van der Waals surface area (Å²) in [5, 5.41) is 9.49. The van der Waals surface area contributed by atoms with Gasteiger partial charge >= 0.3 is 12.1 Å². The van der Waals surface area contributed by atoms with E-state index in [4.69, 9.17) is 14.5 Å². The van der Waals surface area contributed by atoms with Crippen LogP contribution >= 0.6 is 0 Å². The van der Waals surface area contributed by atoms with Crippen molar-refractivity contribution in [3.63, 3.8) is 0 Å². The Balaban J connectivity index is 1.64. The third-order valence-electron chi connectivity index (χ3n) is 7.90. The van der Waals surface area contributed by atoms with Crippen LogP contribution in [0.4, 0.5) is 14.9 Å². The Kier molecular flexibility index (Phi) is 6.79. The summed E-state index contributed by atoms with van der Waals surface area (Å²) in [4.78, 5) is 30.9. The summed E-state index contributed by atoms with van der Waals surface area (Å²) in [5.41, 5.74) is 4.25. The van der Waals surface area contributed by atoms with Crippen molar-refractivity contribution in [2.24, 2.45) is 5.92 Å². The molecule has 3 aromatic rings. The number of carboxylic acids is 1. The number of carboxylic acid groups (broad SMARTS) is 1. The minimum absolute atomic E-state index is 0.00167. The Morgan fingerprint density at radius 1 is 1.11 bits per heavy atom.